The van der Waals surface area contributed by atoms with Gasteiger partial charge in [0.2, 0.25) is 0 Å². The maximum absolute atomic E-state index is 4.12. The first-order chi connectivity index (χ1) is 8.83. The molecule has 5 heteroatoms. The monoisotopic (exact) mass is 285 g/mol. The summed E-state index contributed by atoms with van der Waals surface area (Å²) >= 11 is 3.71. The van der Waals surface area contributed by atoms with Crippen molar-refractivity contribution >= 4 is 23.5 Å². The molecular weight excluding hydrogens is 262 g/mol. The van der Waals surface area contributed by atoms with E-state index in [1.54, 1.807) is 24.4 Å². The molecule has 1 aromatic heterocycles. The topological polar surface area (TPSA) is 38.7 Å². The first kappa shape index (κ1) is 15.8. The van der Waals surface area contributed by atoms with Crippen LogP contribution >= 0.6 is 23.5 Å². The van der Waals surface area contributed by atoms with Crippen molar-refractivity contribution in [3.63, 3.8) is 0 Å². The third kappa shape index (κ3) is 7.93. The third-order valence-corrected chi connectivity index (χ3v) is 5.04. The molecule has 0 spiro atoms. The molecule has 1 heterocycles. The Kier molecular flexibility index (Phi) is 9.30. The fourth-order valence-corrected chi connectivity index (χ4v) is 3.64. The standard InChI is InChI=1S/C13H23N3S2/c1-3-4-5-6-7-8-9-17-12(2)18-13-15-10-14-11-16-13/h10-12H,3-9H2,1-2H3. The maximum atomic E-state index is 4.12. The van der Waals surface area contributed by atoms with Crippen molar-refractivity contribution in [2.75, 3.05) is 5.75 Å². The van der Waals surface area contributed by atoms with Gasteiger partial charge in [-0.3, -0.25) is 0 Å². The fourth-order valence-electron chi connectivity index (χ4n) is 1.60. The molecule has 0 saturated carbocycles. The van der Waals surface area contributed by atoms with Gasteiger partial charge in [-0.1, -0.05) is 50.8 Å². The van der Waals surface area contributed by atoms with Crippen LogP contribution in [-0.4, -0.2) is 25.3 Å². The van der Waals surface area contributed by atoms with Crippen molar-refractivity contribution in [3.8, 4) is 0 Å². The van der Waals surface area contributed by atoms with Crippen molar-refractivity contribution in [2.45, 2.75) is 62.1 Å². The highest BCUT2D eigenvalue weighted by atomic mass is 32.2. The third-order valence-electron chi connectivity index (χ3n) is 2.59. The fraction of sp³-hybridized carbons (Fsp3) is 0.769. The Morgan fingerprint density at radius 1 is 1.06 bits per heavy atom. The van der Waals surface area contributed by atoms with Gasteiger partial charge in [0.1, 0.15) is 12.7 Å². The molecule has 1 unspecified atom stereocenters. The zero-order chi connectivity index (χ0) is 13.1. The first-order valence-electron chi connectivity index (χ1n) is 6.73. The molecule has 18 heavy (non-hydrogen) atoms. The van der Waals surface area contributed by atoms with Crippen molar-refractivity contribution < 1.29 is 0 Å². The molecule has 0 fully saturated rings. The summed E-state index contributed by atoms with van der Waals surface area (Å²) in [4.78, 5) is 12.1. The number of hydrogen-bond donors (Lipinski definition) is 0. The molecule has 102 valence electrons. The second-order valence-corrected chi connectivity index (χ2v) is 7.30. The van der Waals surface area contributed by atoms with Crippen molar-refractivity contribution in [3.05, 3.63) is 12.7 Å². The van der Waals surface area contributed by atoms with Crippen LogP contribution in [0.25, 0.3) is 0 Å². The first-order valence-corrected chi connectivity index (χ1v) is 8.66. The van der Waals surface area contributed by atoms with E-state index in [9.17, 15) is 0 Å². The lowest BCUT2D eigenvalue weighted by Gasteiger charge is -2.09. The van der Waals surface area contributed by atoms with Crippen LogP contribution in [-0.2, 0) is 0 Å². The van der Waals surface area contributed by atoms with Crippen LogP contribution < -0.4 is 0 Å². The Labute approximate surface area is 119 Å². The van der Waals surface area contributed by atoms with Gasteiger partial charge in [0, 0.05) is 0 Å². The quantitative estimate of drug-likeness (QED) is 0.362. The van der Waals surface area contributed by atoms with E-state index in [4.69, 9.17) is 0 Å². The number of aromatic nitrogens is 3. The summed E-state index contributed by atoms with van der Waals surface area (Å²) in [5.41, 5.74) is 0. The Morgan fingerprint density at radius 3 is 2.44 bits per heavy atom. The smallest absolute Gasteiger partial charge is 0.191 e. The van der Waals surface area contributed by atoms with Crippen LogP contribution in [0.2, 0.25) is 0 Å². The molecule has 1 aromatic rings. The average Bonchev–Trinajstić information content (AvgIpc) is 2.39. The van der Waals surface area contributed by atoms with Crippen LogP contribution in [0.5, 0.6) is 0 Å². The molecule has 0 radical (unpaired) electrons. The highest BCUT2D eigenvalue weighted by molar-refractivity contribution is 8.16. The summed E-state index contributed by atoms with van der Waals surface area (Å²) in [5, 5.41) is 0.827. The van der Waals surface area contributed by atoms with Crippen LogP contribution in [0.3, 0.4) is 0 Å². The highest BCUT2D eigenvalue weighted by Crippen LogP contribution is 2.28. The largest absolute Gasteiger partial charge is 0.225 e. The van der Waals surface area contributed by atoms with Gasteiger partial charge < -0.3 is 0 Å². The van der Waals surface area contributed by atoms with Crippen LogP contribution in [0.1, 0.15) is 52.4 Å². The minimum atomic E-state index is 0.517. The van der Waals surface area contributed by atoms with Crippen molar-refractivity contribution in [1.29, 1.82) is 0 Å². The molecule has 0 aromatic carbocycles. The zero-order valence-corrected chi connectivity index (χ0v) is 13.0. The summed E-state index contributed by atoms with van der Waals surface area (Å²) in [6, 6.07) is 0. The molecule has 0 aliphatic heterocycles. The number of hydrogen-bond acceptors (Lipinski definition) is 5. The summed E-state index contributed by atoms with van der Waals surface area (Å²) < 4.78 is 0.517. The molecule has 0 amide bonds. The van der Waals surface area contributed by atoms with Gasteiger partial charge in [-0.2, -0.15) is 0 Å². The van der Waals surface area contributed by atoms with E-state index in [1.807, 2.05) is 11.8 Å². The van der Waals surface area contributed by atoms with Gasteiger partial charge >= 0.3 is 0 Å². The van der Waals surface area contributed by atoms with Crippen LogP contribution in [0.15, 0.2) is 17.8 Å². The van der Waals surface area contributed by atoms with Gasteiger partial charge in [0.25, 0.3) is 0 Å². The summed E-state index contributed by atoms with van der Waals surface area (Å²) in [5.74, 6) is 1.24. The Balaban J connectivity index is 1.99. The minimum Gasteiger partial charge on any atom is -0.225 e. The van der Waals surface area contributed by atoms with E-state index in [2.05, 4.69) is 28.8 Å². The molecule has 3 nitrogen and oxygen atoms in total. The Morgan fingerprint density at radius 2 is 1.72 bits per heavy atom. The molecule has 0 aliphatic carbocycles. The molecule has 1 rings (SSSR count). The van der Waals surface area contributed by atoms with Gasteiger partial charge in [-0.15, -0.1) is 11.8 Å². The van der Waals surface area contributed by atoms with Gasteiger partial charge in [0.05, 0.1) is 4.58 Å². The summed E-state index contributed by atoms with van der Waals surface area (Å²) in [7, 11) is 0. The zero-order valence-electron chi connectivity index (χ0n) is 11.3. The van der Waals surface area contributed by atoms with Gasteiger partial charge in [0.15, 0.2) is 5.16 Å². The molecule has 0 N–H and O–H groups in total. The van der Waals surface area contributed by atoms with Crippen molar-refractivity contribution in [2.24, 2.45) is 0 Å². The van der Waals surface area contributed by atoms with Crippen LogP contribution in [0.4, 0.5) is 0 Å². The number of thioether (sulfide) groups is 2. The van der Waals surface area contributed by atoms with E-state index >= 15 is 0 Å². The van der Waals surface area contributed by atoms with E-state index < -0.39 is 0 Å². The Hall–Kier alpha value is -0.290. The number of rotatable bonds is 10. The van der Waals surface area contributed by atoms with Crippen LogP contribution in [0, 0.1) is 0 Å². The molecular formula is C13H23N3S2. The number of nitrogens with zero attached hydrogens (tertiary/aromatic N) is 3. The highest BCUT2D eigenvalue weighted by Gasteiger charge is 2.06. The SMILES string of the molecule is CCCCCCCCSC(C)Sc1ncncn1. The van der Waals surface area contributed by atoms with E-state index in [0.29, 0.717) is 4.58 Å². The normalized spacial score (nSPS) is 12.6. The average molecular weight is 285 g/mol. The maximum Gasteiger partial charge on any atom is 0.191 e. The van der Waals surface area contributed by atoms with E-state index in [-0.39, 0.29) is 0 Å². The Bertz CT molecular complexity index is 296. The molecule has 0 bridgehead atoms. The predicted molar refractivity (Wildman–Crippen MR) is 81.0 cm³/mol. The second kappa shape index (κ2) is 10.6. The lowest BCUT2D eigenvalue weighted by Crippen LogP contribution is -1.95. The molecule has 0 aliphatic rings. The van der Waals surface area contributed by atoms with E-state index in [1.165, 1.54) is 44.3 Å². The molecule has 1 atom stereocenters. The van der Waals surface area contributed by atoms with Gasteiger partial charge in [-0.25, -0.2) is 15.0 Å². The predicted octanol–water partition coefficient (Wildman–Crippen LogP) is 4.40. The van der Waals surface area contributed by atoms with Crippen molar-refractivity contribution in [1.82, 2.24) is 15.0 Å². The lowest BCUT2D eigenvalue weighted by molar-refractivity contribution is 0.627. The lowest BCUT2D eigenvalue weighted by atomic mass is 10.1. The minimum absolute atomic E-state index is 0.517. The molecule has 0 saturated heterocycles. The van der Waals surface area contributed by atoms with E-state index in [0.717, 1.165) is 5.16 Å². The number of unbranched alkanes of at least 4 members (excludes halogenated alkanes) is 5. The summed E-state index contributed by atoms with van der Waals surface area (Å²) in [6.07, 6.45) is 11.3. The summed E-state index contributed by atoms with van der Waals surface area (Å²) in [6.45, 7) is 4.48. The second-order valence-electron chi connectivity index (χ2n) is 4.24. The van der Waals surface area contributed by atoms with Gasteiger partial charge in [-0.05, 0) is 19.1 Å².